The zero-order chi connectivity index (χ0) is 11.1. The third kappa shape index (κ3) is 4.70. The van der Waals surface area contributed by atoms with Crippen LogP contribution >= 0.6 is 0 Å². The van der Waals surface area contributed by atoms with Gasteiger partial charge in [0.1, 0.15) is 18.1 Å². The highest BCUT2D eigenvalue weighted by Crippen LogP contribution is 2.20. The molecule has 84 valence electrons. The van der Waals surface area contributed by atoms with Gasteiger partial charge >= 0.3 is 0 Å². The molecular weight excluding hydrogens is 192 g/mol. The molecule has 0 atom stereocenters. The fraction of sp³-hybridized carbons (Fsp3) is 0.500. The van der Waals surface area contributed by atoms with Crippen molar-refractivity contribution < 1.29 is 14.6 Å². The Hall–Kier alpha value is -1.22. The number of rotatable bonds is 6. The zero-order valence-corrected chi connectivity index (χ0v) is 9.32. The lowest BCUT2D eigenvalue weighted by molar-refractivity contribution is 0.100. The van der Waals surface area contributed by atoms with Crippen LogP contribution in [0.4, 0.5) is 0 Å². The van der Waals surface area contributed by atoms with Gasteiger partial charge in [-0.05, 0) is 31.0 Å². The summed E-state index contributed by atoms with van der Waals surface area (Å²) in [5.74, 6) is 0.923. The molecule has 3 heteroatoms. The van der Waals surface area contributed by atoms with Crippen molar-refractivity contribution in [3.8, 4) is 11.5 Å². The Labute approximate surface area is 90.6 Å². The van der Waals surface area contributed by atoms with E-state index in [9.17, 15) is 5.11 Å². The first-order valence-corrected chi connectivity index (χ1v) is 5.23. The molecule has 3 nitrogen and oxygen atoms in total. The molecule has 0 saturated heterocycles. The highest BCUT2D eigenvalue weighted by Gasteiger charge is 1.97. The van der Waals surface area contributed by atoms with Crippen LogP contribution in [0.2, 0.25) is 0 Å². The number of phenols is 1. The second-order valence-corrected chi connectivity index (χ2v) is 3.47. The quantitative estimate of drug-likeness (QED) is 0.733. The van der Waals surface area contributed by atoms with Crippen LogP contribution in [0, 0.1) is 6.92 Å². The van der Waals surface area contributed by atoms with Crippen LogP contribution in [-0.2, 0) is 4.74 Å². The van der Waals surface area contributed by atoms with E-state index >= 15 is 0 Å². The Kier molecular flexibility index (Phi) is 4.98. The molecule has 0 aliphatic heterocycles. The SMILES string of the molecule is CCCOCCOc1cc(C)cc(O)c1. The van der Waals surface area contributed by atoms with E-state index in [4.69, 9.17) is 9.47 Å². The summed E-state index contributed by atoms with van der Waals surface area (Å²) in [7, 11) is 0. The summed E-state index contributed by atoms with van der Waals surface area (Å²) in [5.41, 5.74) is 0.986. The van der Waals surface area contributed by atoms with E-state index in [1.807, 2.05) is 13.0 Å². The summed E-state index contributed by atoms with van der Waals surface area (Å²) in [4.78, 5) is 0. The highest BCUT2D eigenvalue weighted by atomic mass is 16.5. The van der Waals surface area contributed by atoms with Crippen molar-refractivity contribution in [3.05, 3.63) is 23.8 Å². The second kappa shape index (κ2) is 6.30. The Balaban J connectivity index is 2.31. The predicted octanol–water partition coefficient (Wildman–Crippen LogP) is 2.51. The number of phenolic OH excluding ortho intramolecular Hbond substituents is 1. The van der Waals surface area contributed by atoms with Crippen LogP contribution in [0.15, 0.2) is 18.2 Å². The molecule has 0 heterocycles. The first kappa shape index (κ1) is 11.9. The van der Waals surface area contributed by atoms with Gasteiger partial charge in [-0.2, -0.15) is 0 Å². The Bertz CT molecular complexity index is 277. The minimum atomic E-state index is 0.236. The molecule has 0 saturated carbocycles. The number of hydrogen-bond donors (Lipinski definition) is 1. The molecule has 0 amide bonds. The van der Waals surface area contributed by atoms with Gasteiger partial charge in [0.2, 0.25) is 0 Å². The van der Waals surface area contributed by atoms with Crippen molar-refractivity contribution in [1.82, 2.24) is 0 Å². The fourth-order valence-corrected chi connectivity index (χ4v) is 1.28. The van der Waals surface area contributed by atoms with Crippen LogP contribution in [0.5, 0.6) is 11.5 Å². The molecule has 0 radical (unpaired) electrons. The number of aromatic hydroxyl groups is 1. The maximum Gasteiger partial charge on any atom is 0.123 e. The average molecular weight is 210 g/mol. The molecule has 1 aromatic carbocycles. The molecule has 0 aliphatic rings. The van der Waals surface area contributed by atoms with Crippen molar-refractivity contribution >= 4 is 0 Å². The molecule has 0 unspecified atom stereocenters. The monoisotopic (exact) mass is 210 g/mol. The zero-order valence-electron chi connectivity index (χ0n) is 9.32. The summed E-state index contributed by atoms with van der Waals surface area (Å²) in [5, 5.41) is 9.32. The van der Waals surface area contributed by atoms with Gasteiger partial charge in [-0.15, -0.1) is 0 Å². The van der Waals surface area contributed by atoms with Gasteiger partial charge in [-0.3, -0.25) is 0 Å². The number of hydrogen-bond acceptors (Lipinski definition) is 3. The lowest BCUT2D eigenvalue weighted by Crippen LogP contribution is -2.07. The van der Waals surface area contributed by atoms with Crippen molar-refractivity contribution in [1.29, 1.82) is 0 Å². The van der Waals surface area contributed by atoms with Gasteiger partial charge in [0.05, 0.1) is 6.61 Å². The van der Waals surface area contributed by atoms with Gasteiger partial charge in [0.15, 0.2) is 0 Å². The molecule has 0 aromatic heterocycles. The third-order valence-corrected chi connectivity index (χ3v) is 1.88. The Morgan fingerprint density at radius 3 is 2.60 bits per heavy atom. The molecule has 1 rings (SSSR count). The highest BCUT2D eigenvalue weighted by molar-refractivity contribution is 5.36. The second-order valence-electron chi connectivity index (χ2n) is 3.47. The molecule has 0 bridgehead atoms. The lowest BCUT2D eigenvalue weighted by atomic mass is 10.2. The normalized spacial score (nSPS) is 10.3. The first-order valence-electron chi connectivity index (χ1n) is 5.23. The minimum absolute atomic E-state index is 0.236. The summed E-state index contributed by atoms with van der Waals surface area (Å²) >= 11 is 0. The van der Waals surface area contributed by atoms with E-state index < -0.39 is 0 Å². The standard InChI is InChI=1S/C12H18O3/c1-3-4-14-5-6-15-12-8-10(2)7-11(13)9-12/h7-9,13H,3-6H2,1-2H3. The number of benzene rings is 1. The molecular formula is C12H18O3. The number of ether oxygens (including phenoxy) is 2. The molecule has 1 N–H and O–H groups in total. The molecule has 0 aliphatic carbocycles. The molecule has 0 fully saturated rings. The maximum absolute atomic E-state index is 9.32. The van der Waals surface area contributed by atoms with E-state index in [0.717, 1.165) is 18.6 Å². The predicted molar refractivity (Wildman–Crippen MR) is 59.4 cm³/mol. The fourth-order valence-electron chi connectivity index (χ4n) is 1.28. The largest absolute Gasteiger partial charge is 0.508 e. The van der Waals surface area contributed by atoms with Crippen LogP contribution in [0.3, 0.4) is 0 Å². The lowest BCUT2D eigenvalue weighted by Gasteiger charge is -2.07. The number of aryl methyl sites for hydroxylation is 1. The topological polar surface area (TPSA) is 38.7 Å². The van der Waals surface area contributed by atoms with Crippen molar-refractivity contribution in [2.24, 2.45) is 0 Å². The third-order valence-electron chi connectivity index (χ3n) is 1.88. The average Bonchev–Trinajstić information content (AvgIpc) is 2.16. The van der Waals surface area contributed by atoms with E-state index in [1.165, 1.54) is 0 Å². The van der Waals surface area contributed by atoms with Gasteiger partial charge in [-0.1, -0.05) is 6.92 Å². The molecule has 1 aromatic rings. The van der Waals surface area contributed by atoms with Crippen molar-refractivity contribution in [2.45, 2.75) is 20.3 Å². The van der Waals surface area contributed by atoms with Crippen LogP contribution < -0.4 is 4.74 Å². The van der Waals surface area contributed by atoms with Crippen LogP contribution in [0.1, 0.15) is 18.9 Å². The van der Waals surface area contributed by atoms with Crippen molar-refractivity contribution in [3.63, 3.8) is 0 Å². The van der Waals surface area contributed by atoms with Gasteiger partial charge in [0.25, 0.3) is 0 Å². The first-order chi connectivity index (χ1) is 7.22. The van der Waals surface area contributed by atoms with Gasteiger partial charge in [0, 0.05) is 12.7 Å². The van der Waals surface area contributed by atoms with Crippen molar-refractivity contribution in [2.75, 3.05) is 19.8 Å². The Morgan fingerprint density at radius 1 is 1.13 bits per heavy atom. The van der Waals surface area contributed by atoms with Gasteiger partial charge < -0.3 is 14.6 Å². The maximum atomic E-state index is 9.32. The van der Waals surface area contributed by atoms with E-state index in [-0.39, 0.29) is 5.75 Å². The summed E-state index contributed by atoms with van der Waals surface area (Å²) in [6.45, 7) is 5.85. The summed E-state index contributed by atoms with van der Waals surface area (Å²) in [6.07, 6.45) is 1.02. The minimum Gasteiger partial charge on any atom is -0.508 e. The molecule has 0 spiro atoms. The summed E-state index contributed by atoms with van der Waals surface area (Å²) in [6, 6.07) is 5.19. The van der Waals surface area contributed by atoms with E-state index in [2.05, 4.69) is 6.92 Å². The smallest absolute Gasteiger partial charge is 0.123 e. The van der Waals surface area contributed by atoms with Crippen LogP contribution in [-0.4, -0.2) is 24.9 Å². The van der Waals surface area contributed by atoms with E-state index in [1.54, 1.807) is 12.1 Å². The van der Waals surface area contributed by atoms with Crippen LogP contribution in [0.25, 0.3) is 0 Å². The van der Waals surface area contributed by atoms with Gasteiger partial charge in [-0.25, -0.2) is 0 Å². The summed E-state index contributed by atoms with van der Waals surface area (Å²) < 4.78 is 10.7. The molecule has 15 heavy (non-hydrogen) atoms. The Morgan fingerprint density at radius 2 is 1.93 bits per heavy atom. The van der Waals surface area contributed by atoms with E-state index in [0.29, 0.717) is 19.0 Å².